The molecule has 1 aromatic heterocycles. The van der Waals surface area contributed by atoms with E-state index in [1.165, 1.54) is 4.90 Å². The number of hydrogen-bond acceptors (Lipinski definition) is 3. The van der Waals surface area contributed by atoms with Crippen LogP contribution in [-0.2, 0) is 4.74 Å². The van der Waals surface area contributed by atoms with E-state index in [0.29, 0.717) is 29.5 Å². The molecule has 5 nitrogen and oxygen atoms in total. The van der Waals surface area contributed by atoms with Crippen LogP contribution >= 0.6 is 27.5 Å². The fourth-order valence-electron chi connectivity index (χ4n) is 1.69. The second kappa shape index (κ2) is 5.20. The number of halogens is 2. The van der Waals surface area contributed by atoms with Gasteiger partial charge < -0.3 is 14.7 Å². The number of carbonyl (C=O) groups is 1. The first-order valence-corrected chi connectivity index (χ1v) is 6.16. The second-order valence-corrected chi connectivity index (χ2v) is 4.83. The Morgan fingerprint density at radius 2 is 2.41 bits per heavy atom. The summed E-state index contributed by atoms with van der Waals surface area (Å²) in [6.07, 6.45) is -1.23. The lowest BCUT2D eigenvalue weighted by Crippen LogP contribution is -2.41. The fraction of sp³-hybridized carbons (Fsp3) is 0.400. The highest BCUT2D eigenvalue weighted by Crippen LogP contribution is 2.26. The van der Waals surface area contributed by atoms with E-state index >= 15 is 0 Å². The number of amides is 1. The number of pyridine rings is 1. The third-order valence-electron chi connectivity index (χ3n) is 2.49. The van der Waals surface area contributed by atoms with E-state index in [0.717, 1.165) is 5.56 Å². The van der Waals surface area contributed by atoms with E-state index in [2.05, 4.69) is 20.9 Å². The van der Waals surface area contributed by atoms with Crippen molar-refractivity contribution >= 4 is 33.6 Å². The Balaban J connectivity index is 2.18. The molecule has 0 aliphatic carbocycles. The van der Waals surface area contributed by atoms with Gasteiger partial charge in [-0.3, -0.25) is 0 Å². The van der Waals surface area contributed by atoms with Gasteiger partial charge in [0.2, 0.25) is 0 Å². The molecule has 7 heteroatoms. The van der Waals surface area contributed by atoms with Crippen LogP contribution in [0.15, 0.2) is 16.7 Å². The van der Waals surface area contributed by atoms with Crippen LogP contribution in [0.5, 0.6) is 0 Å². The van der Waals surface area contributed by atoms with Gasteiger partial charge in [-0.05, 0) is 33.6 Å². The zero-order chi connectivity index (χ0) is 12.4. The monoisotopic (exact) mass is 320 g/mol. The van der Waals surface area contributed by atoms with E-state index in [4.69, 9.17) is 21.4 Å². The van der Waals surface area contributed by atoms with Crippen molar-refractivity contribution in [3.63, 3.8) is 0 Å². The molecule has 17 heavy (non-hydrogen) atoms. The fourth-order valence-corrected chi connectivity index (χ4v) is 2.47. The minimum atomic E-state index is -0.933. The summed E-state index contributed by atoms with van der Waals surface area (Å²) in [7, 11) is 0. The minimum Gasteiger partial charge on any atom is -0.465 e. The topological polar surface area (TPSA) is 62.7 Å². The first-order chi connectivity index (χ1) is 8.06. The number of hydrogen-bond donors (Lipinski definition) is 1. The normalized spacial score (nSPS) is 20.4. The Labute approximate surface area is 111 Å². The van der Waals surface area contributed by atoms with Crippen LogP contribution in [0.1, 0.15) is 11.7 Å². The lowest BCUT2D eigenvalue weighted by Gasteiger charge is -2.31. The van der Waals surface area contributed by atoms with Crippen molar-refractivity contribution in [2.45, 2.75) is 6.10 Å². The molecule has 1 saturated heterocycles. The molecule has 1 unspecified atom stereocenters. The van der Waals surface area contributed by atoms with Gasteiger partial charge in [0.05, 0.1) is 13.2 Å². The Bertz CT molecular complexity index is 423. The molecule has 0 bridgehead atoms. The highest BCUT2D eigenvalue weighted by atomic mass is 79.9. The average Bonchev–Trinajstić information content (AvgIpc) is 2.28. The van der Waals surface area contributed by atoms with Crippen molar-refractivity contribution in [3.8, 4) is 0 Å². The summed E-state index contributed by atoms with van der Waals surface area (Å²) in [6.45, 7) is 1.09. The van der Waals surface area contributed by atoms with Gasteiger partial charge in [-0.25, -0.2) is 9.78 Å². The second-order valence-electron chi connectivity index (χ2n) is 3.63. The molecular formula is C10H10BrClN2O3. The highest BCUT2D eigenvalue weighted by molar-refractivity contribution is 9.10. The molecule has 92 valence electrons. The third kappa shape index (κ3) is 3.08. The van der Waals surface area contributed by atoms with Crippen LogP contribution in [-0.4, -0.2) is 40.8 Å². The predicted molar refractivity (Wildman–Crippen MR) is 65.2 cm³/mol. The number of carboxylic acid groups (broad SMARTS) is 1. The van der Waals surface area contributed by atoms with Crippen molar-refractivity contribution in [3.05, 3.63) is 27.5 Å². The van der Waals surface area contributed by atoms with Crippen molar-refractivity contribution in [1.29, 1.82) is 0 Å². The molecule has 0 aromatic carbocycles. The van der Waals surface area contributed by atoms with Gasteiger partial charge in [0, 0.05) is 6.54 Å². The van der Waals surface area contributed by atoms with Crippen LogP contribution in [0, 0.1) is 0 Å². The average molecular weight is 322 g/mol. The van der Waals surface area contributed by atoms with Gasteiger partial charge in [-0.2, -0.15) is 0 Å². The van der Waals surface area contributed by atoms with Crippen molar-refractivity contribution < 1.29 is 14.6 Å². The van der Waals surface area contributed by atoms with Crippen LogP contribution in [0.2, 0.25) is 5.15 Å². The molecule has 1 aliphatic heterocycles. The number of ether oxygens (including phenoxy) is 1. The van der Waals surface area contributed by atoms with Gasteiger partial charge in [0.25, 0.3) is 0 Å². The Morgan fingerprint density at radius 1 is 1.65 bits per heavy atom. The van der Waals surface area contributed by atoms with Crippen molar-refractivity contribution in [2.75, 3.05) is 19.7 Å². The summed E-state index contributed by atoms with van der Waals surface area (Å²) < 4.78 is 6.15. The largest absolute Gasteiger partial charge is 0.465 e. The van der Waals surface area contributed by atoms with E-state index in [9.17, 15) is 4.79 Å². The van der Waals surface area contributed by atoms with Crippen LogP contribution < -0.4 is 0 Å². The molecule has 0 saturated carbocycles. The van der Waals surface area contributed by atoms with Crippen LogP contribution in [0.25, 0.3) is 0 Å². The lowest BCUT2D eigenvalue weighted by molar-refractivity contribution is -0.0232. The first-order valence-electron chi connectivity index (χ1n) is 4.98. The molecular weight excluding hydrogens is 311 g/mol. The van der Waals surface area contributed by atoms with Gasteiger partial charge in [-0.15, -0.1) is 0 Å². The zero-order valence-electron chi connectivity index (χ0n) is 8.77. The molecule has 1 amide bonds. The van der Waals surface area contributed by atoms with Crippen LogP contribution in [0.4, 0.5) is 4.79 Å². The van der Waals surface area contributed by atoms with Gasteiger partial charge in [-0.1, -0.05) is 11.6 Å². The molecule has 1 N–H and O–H groups in total. The van der Waals surface area contributed by atoms with Crippen LogP contribution in [0.3, 0.4) is 0 Å². The maximum absolute atomic E-state index is 10.9. The summed E-state index contributed by atoms with van der Waals surface area (Å²) in [6, 6.07) is 3.46. The van der Waals surface area contributed by atoms with Crippen molar-refractivity contribution in [1.82, 2.24) is 9.88 Å². The number of nitrogens with zero attached hydrogens (tertiary/aromatic N) is 2. The third-order valence-corrected chi connectivity index (χ3v) is 3.09. The molecule has 1 fully saturated rings. The SMILES string of the molecule is O=C(O)N1CCOC(c2cc(Cl)nc(Br)c2)C1. The van der Waals surface area contributed by atoms with E-state index in [-0.39, 0.29) is 6.10 Å². The van der Waals surface area contributed by atoms with Gasteiger partial charge in [0.1, 0.15) is 15.9 Å². The highest BCUT2D eigenvalue weighted by Gasteiger charge is 2.25. The molecule has 1 atom stereocenters. The lowest BCUT2D eigenvalue weighted by atomic mass is 10.1. The first kappa shape index (κ1) is 12.6. The van der Waals surface area contributed by atoms with E-state index in [1.54, 1.807) is 12.1 Å². The van der Waals surface area contributed by atoms with E-state index < -0.39 is 6.09 Å². The molecule has 1 aromatic rings. The number of morpholine rings is 1. The number of rotatable bonds is 1. The maximum Gasteiger partial charge on any atom is 0.407 e. The number of aromatic nitrogens is 1. The van der Waals surface area contributed by atoms with Gasteiger partial charge in [0.15, 0.2) is 0 Å². The predicted octanol–water partition coefficient (Wildman–Crippen LogP) is 2.55. The maximum atomic E-state index is 10.9. The van der Waals surface area contributed by atoms with Gasteiger partial charge >= 0.3 is 6.09 Å². The molecule has 0 spiro atoms. The molecule has 0 radical (unpaired) electrons. The molecule has 2 heterocycles. The quantitative estimate of drug-likeness (QED) is 0.808. The summed E-state index contributed by atoms with van der Waals surface area (Å²) >= 11 is 9.08. The smallest absolute Gasteiger partial charge is 0.407 e. The summed E-state index contributed by atoms with van der Waals surface area (Å²) in [5, 5.41) is 9.29. The minimum absolute atomic E-state index is 0.295. The standard InChI is InChI=1S/C10H10BrClN2O3/c11-8-3-6(4-9(12)13-8)7-5-14(10(15)16)1-2-17-7/h3-4,7H,1-2,5H2,(H,15,16). The van der Waals surface area contributed by atoms with E-state index in [1.807, 2.05) is 0 Å². The molecule has 1 aliphatic rings. The summed E-state index contributed by atoms with van der Waals surface area (Å²) in [5.74, 6) is 0. The molecule has 2 rings (SSSR count). The zero-order valence-corrected chi connectivity index (χ0v) is 11.1. The van der Waals surface area contributed by atoms with Crippen molar-refractivity contribution in [2.24, 2.45) is 0 Å². The summed E-state index contributed by atoms with van der Waals surface area (Å²) in [5.41, 5.74) is 0.822. The Morgan fingerprint density at radius 3 is 3.06 bits per heavy atom. The summed E-state index contributed by atoms with van der Waals surface area (Å²) in [4.78, 5) is 16.2. The Kier molecular flexibility index (Phi) is 3.86. The Hall–Kier alpha value is -0.850.